The van der Waals surface area contributed by atoms with Crippen LogP contribution in [0.1, 0.15) is 36.0 Å². The van der Waals surface area contributed by atoms with Crippen molar-refractivity contribution in [3.8, 4) is 5.75 Å². The van der Waals surface area contributed by atoms with Crippen molar-refractivity contribution >= 4 is 5.91 Å². The fourth-order valence-electron chi connectivity index (χ4n) is 2.24. The molecule has 2 rings (SSSR count). The third-order valence-corrected chi connectivity index (χ3v) is 3.28. The van der Waals surface area contributed by atoms with Crippen LogP contribution in [-0.4, -0.2) is 18.1 Å². The van der Waals surface area contributed by atoms with Gasteiger partial charge in [-0.1, -0.05) is 0 Å². The number of carbonyl (C=O) groups is 1. The van der Waals surface area contributed by atoms with Gasteiger partial charge in [-0.05, 0) is 31.7 Å². The molecule has 1 fully saturated rings. The van der Waals surface area contributed by atoms with E-state index in [9.17, 15) is 13.6 Å². The van der Waals surface area contributed by atoms with Crippen LogP contribution in [0.4, 0.5) is 8.78 Å². The molecule has 0 saturated heterocycles. The molecular weight excluding hydrogens is 254 g/mol. The third kappa shape index (κ3) is 3.20. The molecule has 4 N–H and O–H groups in total. The van der Waals surface area contributed by atoms with E-state index in [1.54, 1.807) is 0 Å². The summed E-state index contributed by atoms with van der Waals surface area (Å²) in [5, 5.41) is 0. The summed E-state index contributed by atoms with van der Waals surface area (Å²) in [7, 11) is 0. The van der Waals surface area contributed by atoms with Crippen molar-refractivity contribution in [1.82, 2.24) is 0 Å². The highest BCUT2D eigenvalue weighted by Gasteiger charge is 2.24. The monoisotopic (exact) mass is 270 g/mol. The van der Waals surface area contributed by atoms with Crippen LogP contribution in [0, 0.1) is 11.6 Å². The van der Waals surface area contributed by atoms with Gasteiger partial charge in [-0.3, -0.25) is 4.79 Å². The van der Waals surface area contributed by atoms with Gasteiger partial charge < -0.3 is 16.2 Å². The SMILES string of the molecule is NC(=O)c1cc(F)cc(F)c1OC1CCC(N)CC1. The van der Waals surface area contributed by atoms with Crippen LogP contribution in [-0.2, 0) is 0 Å². The fourth-order valence-corrected chi connectivity index (χ4v) is 2.24. The standard InChI is InChI=1S/C13H16F2N2O2/c14-7-5-10(13(17)18)12(11(15)6-7)19-9-3-1-8(16)2-4-9/h5-6,8-9H,1-4,16H2,(H2,17,18). The second-order valence-corrected chi connectivity index (χ2v) is 4.78. The first-order chi connectivity index (χ1) is 8.97. The average molecular weight is 270 g/mol. The molecule has 104 valence electrons. The van der Waals surface area contributed by atoms with Crippen LogP contribution in [0.15, 0.2) is 12.1 Å². The van der Waals surface area contributed by atoms with Crippen LogP contribution < -0.4 is 16.2 Å². The lowest BCUT2D eigenvalue weighted by molar-refractivity contribution is 0.0982. The van der Waals surface area contributed by atoms with Gasteiger partial charge in [0.25, 0.3) is 5.91 Å². The zero-order valence-electron chi connectivity index (χ0n) is 10.4. The summed E-state index contributed by atoms with van der Waals surface area (Å²) in [4.78, 5) is 11.2. The molecule has 1 aromatic rings. The molecule has 1 aliphatic carbocycles. The minimum atomic E-state index is -0.916. The number of rotatable bonds is 3. The lowest BCUT2D eigenvalue weighted by Gasteiger charge is -2.27. The van der Waals surface area contributed by atoms with Crippen molar-refractivity contribution in [2.24, 2.45) is 11.5 Å². The minimum Gasteiger partial charge on any atom is -0.487 e. The average Bonchev–Trinajstić information content (AvgIpc) is 2.34. The van der Waals surface area contributed by atoms with E-state index in [1.807, 2.05) is 0 Å². The Morgan fingerprint density at radius 1 is 1.21 bits per heavy atom. The van der Waals surface area contributed by atoms with Crippen molar-refractivity contribution in [3.63, 3.8) is 0 Å². The maximum atomic E-state index is 13.7. The minimum absolute atomic E-state index is 0.133. The van der Waals surface area contributed by atoms with Gasteiger partial charge in [0.05, 0.1) is 11.7 Å². The Balaban J connectivity index is 2.21. The van der Waals surface area contributed by atoms with E-state index in [0.29, 0.717) is 18.9 Å². The Kier molecular flexibility index (Phi) is 3.99. The molecule has 1 saturated carbocycles. The summed E-state index contributed by atoms with van der Waals surface area (Å²) >= 11 is 0. The Morgan fingerprint density at radius 2 is 1.84 bits per heavy atom. The number of carbonyl (C=O) groups excluding carboxylic acids is 1. The molecule has 1 amide bonds. The first-order valence-electron chi connectivity index (χ1n) is 6.18. The van der Waals surface area contributed by atoms with Crippen LogP contribution in [0.3, 0.4) is 0 Å². The van der Waals surface area contributed by atoms with E-state index >= 15 is 0 Å². The van der Waals surface area contributed by atoms with Crippen LogP contribution in [0.5, 0.6) is 5.75 Å². The van der Waals surface area contributed by atoms with Gasteiger partial charge in [0.15, 0.2) is 11.6 Å². The van der Waals surface area contributed by atoms with Crippen LogP contribution >= 0.6 is 0 Å². The number of halogens is 2. The molecule has 0 radical (unpaired) electrons. The van der Waals surface area contributed by atoms with Crippen LogP contribution in [0.25, 0.3) is 0 Å². The number of ether oxygens (including phenoxy) is 1. The van der Waals surface area contributed by atoms with Crippen LogP contribution in [0.2, 0.25) is 0 Å². The fraction of sp³-hybridized carbons (Fsp3) is 0.462. The normalized spacial score (nSPS) is 23.1. The van der Waals surface area contributed by atoms with Crippen molar-refractivity contribution in [2.45, 2.75) is 37.8 Å². The van der Waals surface area contributed by atoms with E-state index in [0.717, 1.165) is 18.9 Å². The molecule has 0 unspecified atom stereocenters. The van der Waals surface area contributed by atoms with E-state index in [2.05, 4.69) is 0 Å². The highest BCUT2D eigenvalue weighted by Crippen LogP contribution is 2.29. The second-order valence-electron chi connectivity index (χ2n) is 4.78. The van der Waals surface area contributed by atoms with Gasteiger partial charge in [0, 0.05) is 12.1 Å². The highest BCUT2D eigenvalue weighted by atomic mass is 19.1. The van der Waals surface area contributed by atoms with Crippen molar-refractivity contribution in [2.75, 3.05) is 0 Å². The summed E-state index contributed by atoms with van der Waals surface area (Å²) in [6.45, 7) is 0. The highest BCUT2D eigenvalue weighted by molar-refractivity contribution is 5.95. The van der Waals surface area contributed by atoms with E-state index < -0.39 is 17.5 Å². The smallest absolute Gasteiger partial charge is 0.252 e. The number of benzene rings is 1. The zero-order valence-corrected chi connectivity index (χ0v) is 10.4. The summed E-state index contributed by atoms with van der Waals surface area (Å²) < 4.78 is 32.3. The molecule has 0 atom stereocenters. The lowest BCUT2D eigenvalue weighted by Crippen LogP contribution is -2.32. The third-order valence-electron chi connectivity index (χ3n) is 3.28. The zero-order chi connectivity index (χ0) is 14.0. The van der Waals surface area contributed by atoms with E-state index in [-0.39, 0.29) is 23.5 Å². The van der Waals surface area contributed by atoms with Crippen molar-refractivity contribution < 1.29 is 18.3 Å². The number of primary amides is 1. The first-order valence-corrected chi connectivity index (χ1v) is 6.18. The number of hydrogen-bond donors (Lipinski definition) is 2. The molecule has 4 nitrogen and oxygen atoms in total. The van der Waals surface area contributed by atoms with Gasteiger partial charge >= 0.3 is 0 Å². The summed E-state index contributed by atoms with van der Waals surface area (Å²) in [6.07, 6.45) is 2.68. The molecule has 19 heavy (non-hydrogen) atoms. The Labute approximate surface area is 109 Å². The molecule has 1 aromatic carbocycles. The summed E-state index contributed by atoms with van der Waals surface area (Å²) in [6, 6.07) is 1.69. The summed E-state index contributed by atoms with van der Waals surface area (Å²) in [5.74, 6) is -2.96. The van der Waals surface area contributed by atoms with Gasteiger partial charge in [-0.15, -0.1) is 0 Å². The molecule has 1 aliphatic rings. The second kappa shape index (κ2) is 5.52. The maximum Gasteiger partial charge on any atom is 0.252 e. The largest absolute Gasteiger partial charge is 0.487 e. The Hall–Kier alpha value is -1.69. The molecule has 0 bridgehead atoms. The van der Waals surface area contributed by atoms with Gasteiger partial charge in [0.1, 0.15) is 5.82 Å². The van der Waals surface area contributed by atoms with Crippen molar-refractivity contribution in [3.05, 3.63) is 29.3 Å². The molecule has 0 aromatic heterocycles. The Morgan fingerprint density at radius 3 is 2.42 bits per heavy atom. The van der Waals surface area contributed by atoms with Crippen molar-refractivity contribution in [1.29, 1.82) is 0 Å². The molecule has 0 spiro atoms. The number of nitrogens with two attached hydrogens (primary N) is 2. The predicted molar refractivity (Wildman–Crippen MR) is 65.7 cm³/mol. The summed E-state index contributed by atoms with van der Waals surface area (Å²) in [5.41, 5.74) is 10.6. The maximum absolute atomic E-state index is 13.7. The molecular formula is C13H16F2N2O2. The van der Waals surface area contributed by atoms with Gasteiger partial charge in [-0.25, -0.2) is 8.78 Å². The number of hydrogen-bond acceptors (Lipinski definition) is 3. The van der Waals surface area contributed by atoms with Gasteiger partial charge in [0.2, 0.25) is 0 Å². The topological polar surface area (TPSA) is 78.3 Å². The molecule has 0 heterocycles. The van der Waals surface area contributed by atoms with E-state index in [4.69, 9.17) is 16.2 Å². The Bertz CT molecular complexity index is 486. The molecule has 6 heteroatoms. The first kappa shape index (κ1) is 13.7. The van der Waals surface area contributed by atoms with Gasteiger partial charge in [-0.2, -0.15) is 0 Å². The van der Waals surface area contributed by atoms with E-state index in [1.165, 1.54) is 0 Å². The predicted octanol–water partition coefficient (Wildman–Crippen LogP) is 1.71. The molecule has 0 aliphatic heterocycles. The quantitative estimate of drug-likeness (QED) is 0.877. The number of amides is 1. The lowest BCUT2D eigenvalue weighted by atomic mass is 9.93.